The van der Waals surface area contributed by atoms with Crippen molar-refractivity contribution in [1.82, 2.24) is 4.98 Å². The lowest BCUT2D eigenvalue weighted by Crippen LogP contribution is -2.23. The molecule has 2 heterocycles. The number of aryl methyl sites for hydroxylation is 1. The predicted molar refractivity (Wildman–Crippen MR) is 77.9 cm³/mol. The second kappa shape index (κ2) is 5.41. The molecule has 1 aromatic carbocycles. The number of rotatable bonds is 2. The molecular formula is C16H19N3. The Morgan fingerprint density at radius 1 is 1.16 bits per heavy atom. The van der Waals surface area contributed by atoms with Gasteiger partial charge in [-0.15, -0.1) is 0 Å². The highest BCUT2D eigenvalue weighted by molar-refractivity contribution is 5.44. The molecule has 0 saturated carbocycles. The smallest absolute Gasteiger partial charge is 0.129 e. The van der Waals surface area contributed by atoms with E-state index < -0.39 is 0 Å². The lowest BCUT2D eigenvalue weighted by molar-refractivity contribution is 0.753. The number of hydrogen-bond donors (Lipinski definition) is 1. The van der Waals surface area contributed by atoms with Gasteiger partial charge in [-0.05, 0) is 41.7 Å². The summed E-state index contributed by atoms with van der Waals surface area (Å²) in [6.45, 7) is 2.56. The van der Waals surface area contributed by atoms with Gasteiger partial charge in [-0.2, -0.15) is 0 Å². The summed E-state index contributed by atoms with van der Waals surface area (Å²) in [5.41, 5.74) is 9.74. The van der Waals surface area contributed by atoms with Gasteiger partial charge in [-0.3, -0.25) is 0 Å². The number of pyridine rings is 1. The lowest BCUT2D eigenvalue weighted by atomic mass is 10.0. The second-order valence-electron chi connectivity index (χ2n) is 5.02. The maximum absolute atomic E-state index is 5.71. The molecule has 3 heteroatoms. The van der Waals surface area contributed by atoms with Gasteiger partial charge in [0.1, 0.15) is 5.82 Å². The largest absolute Gasteiger partial charge is 0.352 e. The van der Waals surface area contributed by atoms with Crippen LogP contribution in [0.5, 0.6) is 0 Å². The van der Waals surface area contributed by atoms with Crippen LogP contribution in [0.1, 0.15) is 23.1 Å². The van der Waals surface area contributed by atoms with Gasteiger partial charge in [0.15, 0.2) is 0 Å². The van der Waals surface area contributed by atoms with Crippen LogP contribution in [0.3, 0.4) is 0 Å². The quantitative estimate of drug-likeness (QED) is 0.894. The van der Waals surface area contributed by atoms with Gasteiger partial charge in [-0.1, -0.05) is 24.3 Å². The highest BCUT2D eigenvalue weighted by atomic mass is 15.2. The minimum Gasteiger partial charge on any atom is -0.352 e. The summed E-state index contributed by atoms with van der Waals surface area (Å²) in [5, 5.41) is 0. The molecule has 0 aliphatic carbocycles. The summed E-state index contributed by atoms with van der Waals surface area (Å²) >= 11 is 0. The van der Waals surface area contributed by atoms with Crippen LogP contribution in [0.25, 0.3) is 0 Å². The van der Waals surface area contributed by atoms with E-state index in [2.05, 4.69) is 40.2 Å². The molecule has 0 amide bonds. The normalized spacial score (nSPS) is 14.9. The Balaban J connectivity index is 1.89. The van der Waals surface area contributed by atoms with Gasteiger partial charge in [0.05, 0.1) is 0 Å². The SMILES string of the molecule is NCc1ccnc(N2CCCc3ccccc3C2)c1. The van der Waals surface area contributed by atoms with Crippen molar-refractivity contribution in [3.8, 4) is 0 Å². The molecular weight excluding hydrogens is 234 g/mol. The first-order valence-corrected chi connectivity index (χ1v) is 6.83. The first-order chi connectivity index (χ1) is 9.36. The van der Waals surface area contributed by atoms with Crippen LogP contribution >= 0.6 is 0 Å². The van der Waals surface area contributed by atoms with Crippen LogP contribution in [0.4, 0.5) is 5.82 Å². The molecule has 0 spiro atoms. The van der Waals surface area contributed by atoms with Gasteiger partial charge in [0.25, 0.3) is 0 Å². The van der Waals surface area contributed by atoms with Crippen molar-refractivity contribution in [3.05, 3.63) is 59.3 Å². The summed E-state index contributed by atoms with van der Waals surface area (Å²) < 4.78 is 0. The molecule has 19 heavy (non-hydrogen) atoms. The van der Waals surface area contributed by atoms with Crippen molar-refractivity contribution < 1.29 is 0 Å². The van der Waals surface area contributed by atoms with Crippen LogP contribution in [-0.4, -0.2) is 11.5 Å². The minimum absolute atomic E-state index is 0.569. The first kappa shape index (κ1) is 12.2. The Hall–Kier alpha value is -1.87. The van der Waals surface area contributed by atoms with E-state index in [1.165, 1.54) is 17.5 Å². The number of benzene rings is 1. The van der Waals surface area contributed by atoms with E-state index in [-0.39, 0.29) is 0 Å². The van der Waals surface area contributed by atoms with E-state index in [4.69, 9.17) is 5.73 Å². The minimum atomic E-state index is 0.569. The first-order valence-electron chi connectivity index (χ1n) is 6.83. The molecule has 0 unspecified atom stereocenters. The number of hydrogen-bond acceptors (Lipinski definition) is 3. The highest BCUT2D eigenvalue weighted by Gasteiger charge is 2.15. The zero-order valence-electron chi connectivity index (χ0n) is 11.0. The molecule has 0 radical (unpaired) electrons. The molecule has 0 fully saturated rings. The Labute approximate surface area is 114 Å². The number of nitrogens with two attached hydrogens (primary N) is 1. The summed E-state index contributed by atoms with van der Waals surface area (Å²) in [5.74, 6) is 1.04. The van der Waals surface area contributed by atoms with Crippen molar-refractivity contribution >= 4 is 5.82 Å². The van der Waals surface area contributed by atoms with Gasteiger partial charge < -0.3 is 10.6 Å². The van der Waals surface area contributed by atoms with Gasteiger partial charge in [0.2, 0.25) is 0 Å². The Bertz CT molecular complexity index is 565. The monoisotopic (exact) mass is 253 g/mol. The van der Waals surface area contributed by atoms with Gasteiger partial charge in [-0.25, -0.2) is 4.98 Å². The van der Waals surface area contributed by atoms with E-state index in [0.717, 1.165) is 30.9 Å². The zero-order chi connectivity index (χ0) is 13.1. The fourth-order valence-corrected chi connectivity index (χ4v) is 2.66. The van der Waals surface area contributed by atoms with Crippen LogP contribution in [0, 0.1) is 0 Å². The van der Waals surface area contributed by atoms with Gasteiger partial charge in [0, 0.05) is 25.8 Å². The second-order valence-corrected chi connectivity index (χ2v) is 5.02. The Morgan fingerprint density at radius 2 is 2.00 bits per heavy atom. The molecule has 98 valence electrons. The topological polar surface area (TPSA) is 42.1 Å². The van der Waals surface area contributed by atoms with Crippen LogP contribution < -0.4 is 10.6 Å². The number of nitrogens with zero attached hydrogens (tertiary/aromatic N) is 2. The molecule has 1 aliphatic heterocycles. The average Bonchev–Trinajstić information content (AvgIpc) is 2.69. The maximum Gasteiger partial charge on any atom is 0.129 e. The summed E-state index contributed by atoms with van der Waals surface area (Å²) in [7, 11) is 0. The highest BCUT2D eigenvalue weighted by Crippen LogP contribution is 2.22. The van der Waals surface area contributed by atoms with E-state index in [1.807, 2.05) is 12.3 Å². The van der Waals surface area contributed by atoms with E-state index in [0.29, 0.717) is 6.54 Å². The van der Waals surface area contributed by atoms with Crippen LogP contribution in [-0.2, 0) is 19.5 Å². The number of anilines is 1. The van der Waals surface area contributed by atoms with Crippen molar-refractivity contribution in [2.45, 2.75) is 25.9 Å². The van der Waals surface area contributed by atoms with Crippen LogP contribution in [0.15, 0.2) is 42.6 Å². The van der Waals surface area contributed by atoms with Crippen LogP contribution in [0.2, 0.25) is 0 Å². The van der Waals surface area contributed by atoms with E-state index >= 15 is 0 Å². The van der Waals surface area contributed by atoms with Crippen molar-refractivity contribution in [2.75, 3.05) is 11.4 Å². The molecule has 0 atom stereocenters. The Morgan fingerprint density at radius 3 is 2.84 bits per heavy atom. The Kier molecular flexibility index (Phi) is 3.47. The van der Waals surface area contributed by atoms with E-state index in [1.54, 1.807) is 0 Å². The van der Waals surface area contributed by atoms with Gasteiger partial charge >= 0.3 is 0 Å². The third kappa shape index (κ3) is 2.61. The lowest BCUT2D eigenvalue weighted by Gasteiger charge is -2.22. The molecule has 1 aromatic heterocycles. The zero-order valence-corrected chi connectivity index (χ0v) is 11.0. The molecule has 3 rings (SSSR count). The third-order valence-corrected chi connectivity index (χ3v) is 3.72. The summed E-state index contributed by atoms with van der Waals surface area (Å²) in [4.78, 5) is 6.85. The average molecular weight is 253 g/mol. The molecule has 0 saturated heterocycles. The number of fused-ring (bicyclic) bond motifs is 1. The third-order valence-electron chi connectivity index (χ3n) is 3.72. The molecule has 2 aromatic rings. The molecule has 0 bridgehead atoms. The maximum atomic E-state index is 5.71. The van der Waals surface area contributed by atoms with Crippen molar-refractivity contribution in [2.24, 2.45) is 5.73 Å². The van der Waals surface area contributed by atoms with Crippen molar-refractivity contribution in [3.63, 3.8) is 0 Å². The number of aromatic nitrogens is 1. The standard InChI is InChI=1S/C16H19N3/c17-11-13-7-8-18-16(10-13)19-9-3-6-14-4-1-2-5-15(14)12-19/h1-2,4-5,7-8,10H,3,6,9,11-12,17H2. The summed E-state index contributed by atoms with van der Waals surface area (Å²) in [6.07, 6.45) is 4.18. The predicted octanol–water partition coefficient (Wildman–Crippen LogP) is 2.49. The fourth-order valence-electron chi connectivity index (χ4n) is 2.66. The molecule has 3 nitrogen and oxygen atoms in total. The van der Waals surface area contributed by atoms with E-state index in [9.17, 15) is 0 Å². The van der Waals surface area contributed by atoms with Crippen molar-refractivity contribution in [1.29, 1.82) is 0 Å². The molecule has 1 aliphatic rings. The summed E-state index contributed by atoms with van der Waals surface area (Å²) in [6, 6.07) is 12.8. The fraction of sp³-hybridized carbons (Fsp3) is 0.312. The molecule has 2 N–H and O–H groups in total.